The number of fused-ring (bicyclic) bond motifs is 1. The predicted octanol–water partition coefficient (Wildman–Crippen LogP) is 3.93. The van der Waals surface area contributed by atoms with Crippen LogP contribution in [0.1, 0.15) is 20.8 Å². The Morgan fingerprint density at radius 2 is 1.96 bits per heavy atom. The van der Waals surface area contributed by atoms with Crippen LogP contribution in [0.25, 0.3) is 0 Å². The highest BCUT2D eigenvalue weighted by molar-refractivity contribution is 6.30. The monoisotopic (exact) mass is 359 g/mol. The van der Waals surface area contributed by atoms with E-state index in [4.69, 9.17) is 22.1 Å². The summed E-state index contributed by atoms with van der Waals surface area (Å²) in [6.07, 6.45) is 0. The molecule has 0 spiro atoms. The van der Waals surface area contributed by atoms with Crippen molar-refractivity contribution in [3.8, 4) is 5.75 Å². The summed E-state index contributed by atoms with van der Waals surface area (Å²) in [5.41, 5.74) is 7.70. The molecule has 5 nitrogen and oxygen atoms in total. The van der Waals surface area contributed by atoms with Crippen LogP contribution in [0.15, 0.2) is 42.5 Å². The molecule has 1 aliphatic heterocycles. The van der Waals surface area contributed by atoms with Gasteiger partial charge in [0.15, 0.2) is 0 Å². The minimum Gasteiger partial charge on any atom is -0.484 e. The molecule has 1 heterocycles. The summed E-state index contributed by atoms with van der Waals surface area (Å²) >= 11 is 5.89. The Hall–Kier alpha value is -2.40. The van der Waals surface area contributed by atoms with E-state index in [0.717, 1.165) is 11.4 Å². The molecule has 1 amide bonds. The fourth-order valence-electron chi connectivity index (χ4n) is 2.94. The van der Waals surface area contributed by atoms with Gasteiger partial charge in [0.2, 0.25) is 5.91 Å². The van der Waals surface area contributed by atoms with Gasteiger partial charge < -0.3 is 20.7 Å². The van der Waals surface area contributed by atoms with E-state index < -0.39 is 5.60 Å². The largest absolute Gasteiger partial charge is 0.484 e. The number of anilines is 3. The lowest BCUT2D eigenvalue weighted by molar-refractivity contribution is -0.117. The third-order valence-corrected chi connectivity index (χ3v) is 4.44. The standard InChI is InChI=1S/C19H22ClN3O2/c1-12(18(24)22-15-7-4-13(20)5-8-15)23-11-19(2,3)25-17-9-6-14(21)10-16(17)23/h4-10,12H,11,21H2,1-3H3,(H,22,24). The summed E-state index contributed by atoms with van der Waals surface area (Å²) in [4.78, 5) is 14.8. The highest BCUT2D eigenvalue weighted by Gasteiger charge is 2.36. The molecule has 6 heteroatoms. The molecular weight excluding hydrogens is 338 g/mol. The summed E-state index contributed by atoms with van der Waals surface area (Å²) in [5, 5.41) is 3.56. The van der Waals surface area contributed by atoms with Crippen molar-refractivity contribution in [3.05, 3.63) is 47.5 Å². The van der Waals surface area contributed by atoms with Crippen molar-refractivity contribution in [2.45, 2.75) is 32.4 Å². The topological polar surface area (TPSA) is 67.6 Å². The first kappa shape index (κ1) is 17.4. The molecule has 0 fully saturated rings. The van der Waals surface area contributed by atoms with Gasteiger partial charge in [0, 0.05) is 16.4 Å². The number of benzene rings is 2. The molecule has 3 rings (SSSR count). The van der Waals surface area contributed by atoms with Gasteiger partial charge in [-0.2, -0.15) is 0 Å². The van der Waals surface area contributed by atoms with Crippen molar-refractivity contribution >= 4 is 34.6 Å². The Morgan fingerprint density at radius 1 is 1.28 bits per heavy atom. The average Bonchev–Trinajstić information content (AvgIpc) is 2.55. The third-order valence-electron chi connectivity index (χ3n) is 4.19. The Kier molecular flexibility index (Phi) is 4.52. The van der Waals surface area contributed by atoms with Crippen LogP contribution in [-0.2, 0) is 4.79 Å². The Balaban J connectivity index is 1.85. The van der Waals surface area contributed by atoms with Crippen LogP contribution >= 0.6 is 11.6 Å². The second-order valence-corrected chi connectivity index (χ2v) is 7.33. The van der Waals surface area contributed by atoms with Gasteiger partial charge >= 0.3 is 0 Å². The molecule has 0 aromatic heterocycles. The van der Waals surface area contributed by atoms with Crippen molar-refractivity contribution in [1.29, 1.82) is 0 Å². The number of carbonyl (C=O) groups excluding carboxylic acids is 1. The molecule has 3 N–H and O–H groups in total. The first-order valence-electron chi connectivity index (χ1n) is 8.17. The Morgan fingerprint density at radius 3 is 2.64 bits per heavy atom. The number of nitrogen functional groups attached to an aromatic ring is 1. The highest BCUT2D eigenvalue weighted by Crippen LogP contribution is 2.39. The van der Waals surface area contributed by atoms with Crippen molar-refractivity contribution in [2.75, 3.05) is 22.5 Å². The molecule has 0 radical (unpaired) electrons. The first-order valence-corrected chi connectivity index (χ1v) is 8.55. The fourth-order valence-corrected chi connectivity index (χ4v) is 3.06. The van der Waals surface area contributed by atoms with Crippen molar-refractivity contribution in [2.24, 2.45) is 0 Å². The minimum absolute atomic E-state index is 0.103. The molecule has 1 aliphatic rings. The van der Waals surface area contributed by atoms with Gasteiger partial charge in [-0.15, -0.1) is 0 Å². The summed E-state index contributed by atoms with van der Waals surface area (Å²) < 4.78 is 6.02. The number of nitrogens with two attached hydrogens (primary N) is 1. The number of amides is 1. The van der Waals surface area contributed by atoms with E-state index in [-0.39, 0.29) is 11.9 Å². The molecular formula is C19H22ClN3O2. The van der Waals surface area contributed by atoms with Crippen LogP contribution < -0.4 is 20.7 Å². The molecule has 1 atom stereocenters. The molecule has 0 saturated carbocycles. The smallest absolute Gasteiger partial charge is 0.246 e. The van der Waals surface area contributed by atoms with Gasteiger partial charge in [0.25, 0.3) is 0 Å². The zero-order valence-electron chi connectivity index (χ0n) is 14.5. The van der Waals surface area contributed by atoms with E-state index in [2.05, 4.69) is 5.32 Å². The van der Waals surface area contributed by atoms with Gasteiger partial charge in [-0.1, -0.05) is 11.6 Å². The normalized spacial score (nSPS) is 16.6. The number of halogens is 1. The van der Waals surface area contributed by atoms with Gasteiger partial charge in [-0.05, 0) is 63.2 Å². The van der Waals surface area contributed by atoms with Crippen molar-refractivity contribution in [1.82, 2.24) is 0 Å². The molecule has 1 unspecified atom stereocenters. The number of nitrogens with one attached hydrogen (secondary N) is 1. The summed E-state index contributed by atoms with van der Waals surface area (Å²) in [5.74, 6) is 0.630. The van der Waals surface area contributed by atoms with E-state index in [9.17, 15) is 4.79 Å². The molecule has 2 aromatic rings. The van der Waals surface area contributed by atoms with Gasteiger partial charge in [0.1, 0.15) is 17.4 Å². The van der Waals surface area contributed by atoms with Crippen LogP contribution in [0.5, 0.6) is 5.75 Å². The molecule has 0 saturated heterocycles. The van der Waals surface area contributed by atoms with Gasteiger partial charge in [-0.3, -0.25) is 4.79 Å². The second-order valence-electron chi connectivity index (χ2n) is 6.89. The van der Waals surface area contributed by atoms with E-state index in [1.807, 2.05) is 37.8 Å². The molecule has 0 bridgehead atoms. The number of carbonyl (C=O) groups is 1. The second kappa shape index (κ2) is 6.48. The quantitative estimate of drug-likeness (QED) is 0.815. The third kappa shape index (κ3) is 3.82. The lowest BCUT2D eigenvalue weighted by Crippen LogP contribution is -2.53. The van der Waals surface area contributed by atoms with Crippen LogP contribution in [-0.4, -0.2) is 24.1 Å². The zero-order valence-corrected chi connectivity index (χ0v) is 15.3. The van der Waals surface area contributed by atoms with Crippen molar-refractivity contribution < 1.29 is 9.53 Å². The van der Waals surface area contributed by atoms with Crippen LogP contribution in [0.2, 0.25) is 5.02 Å². The van der Waals surface area contributed by atoms with Crippen molar-refractivity contribution in [3.63, 3.8) is 0 Å². The number of rotatable bonds is 3. The van der Waals surface area contributed by atoms with E-state index in [0.29, 0.717) is 22.9 Å². The summed E-state index contributed by atoms with van der Waals surface area (Å²) in [6, 6.07) is 12.2. The van der Waals surface area contributed by atoms with E-state index >= 15 is 0 Å². The Bertz CT molecular complexity index is 790. The Labute approximate surface area is 152 Å². The lowest BCUT2D eigenvalue weighted by Gasteiger charge is -2.43. The SMILES string of the molecule is CC(C(=O)Nc1ccc(Cl)cc1)N1CC(C)(C)Oc2ccc(N)cc21. The molecule has 132 valence electrons. The van der Waals surface area contributed by atoms with E-state index in [1.165, 1.54) is 0 Å². The first-order chi connectivity index (χ1) is 11.7. The maximum Gasteiger partial charge on any atom is 0.246 e. The van der Waals surface area contributed by atoms with Gasteiger partial charge in [0.05, 0.1) is 12.2 Å². The molecule has 0 aliphatic carbocycles. The highest BCUT2D eigenvalue weighted by atomic mass is 35.5. The maximum absolute atomic E-state index is 12.7. The number of hydrogen-bond donors (Lipinski definition) is 2. The zero-order chi connectivity index (χ0) is 18.2. The fraction of sp³-hybridized carbons (Fsp3) is 0.316. The van der Waals surface area contributed by atoms with Gasteiger partial charge in [-0.25, -0.2) is 0 Å². The average molecular weight is 360 g/mol. The number of ether oxygens (including phenoxy) is 1. The van der Waals surface area contributed by atoms with Crippen LogP contribution in [0.3, 0.4) is 0 Å². The van der Waals surface area contributed by atoms with Crippen LogP contribution in [0.4, 0.5) is 17.1 Å². The van der Waals surface area contributed by atoms with E-state index in [1.54, 1.807) is 30.3 Å². The number of nitrogens with zero attached hydrogens (tertiary/aromatic N) is 1. The minimum atomic E-state index is -0.405. The predicted molar refractivity (Wildman–Crippen MR) is 102 cm³/mol. The summed E-state index contributed by atoms with van der Waals surface area (Å²) in [7, 11) is 0. The molecule has 25 heavy (non-hydrogen) atoms. The lowest BCUT2D eigenvalue weighted by atomic mass is 10.0. The molecule has 2 aromatic carbocycles. The van der Waals surface area contributed by atoms with Crippen LogP contribution in [0, 0.1) is 0 Å². The number of hydrogen-bond acceptors (Lipinski definition) is 4. The maximum atomic E-state index is 12.7. The summed E-state index contributed by atoms with van der Waals surface area (Å²) in [6.45, 7) is 6.46.